The SMILES string of the molecule is O=C1CC(CCO)(c2ccccc2)CCN1c1cccc(-c2ccc(F)cc2Cl)c1. The first-order chi connectivity index (χ1) is 14.5. The molecule has 1 aliphatic heterocycles. The van der Waals surface area contributed by atoms with E-state index >= 15 is 0 Å². The van der Waals surface area contributed by atoms with Gasteiger partial charge in [-0.3, -0.25) is 4.79 Å². The Morgan fingerprint density at radius 2 is 1.83 bits per heavy atom. The maximum atomic E-state index is 13.4. The number of aliphatic hydroxyl groups is 1. The Morgan fingerprint density at radius 3 is 2.53 bits per heavy atom. The Kier molecular flexibility index (Phi) is 5.89. The van der Waals surface area contributed by atoms with Gasteiger partial charge in [0.25, 0.3) is 0 Å². The molecule has 1 amide bonds. The van der Waals surface area contributed by atoms with Crippen LogP contribution in [0.1, 0.15) is 24.8 Å². The maximum Gasteiger partial charge on any atom is 0.227 e. The molecule has 5 heteroatoms. The van der Waals surface area contributed by atoms with E-state index in [-0.39, 0.29) is 23.7 Å². The number of carbonyl (C=O) groups is 1. The molecule has 0 aliphatic carbocycles. The predicted octanol–water partition coefficient (Wildman–Crippen LogP) is 5.59. The Hall–Kier alpha value is -2.69. The van der Waals surface area contributed by atoms with Gasteiger partial charge in [-0.25, -0.2) is 4.39 Å². The van der Waals surface area contributed by atoms with Crippen LogP contribution in [-0.2, 0) is 10.2 Å². The number of nitrogens with zero attached hydrogens (tertiary/aromatic N) is 1. The lowest BCUT2D eigenvalue weighted by atomic mass is 9.70. The minimum Gasteiger partial charge on any atom is -0.396 e. The Balaban J connectivity index is 1.62. The predicted molar refractivity (Wildman–Crippen MR) is 118 cm³/mol. The molecule has 0 spiro atoms. The van der Waals surface area contributed by atoms with Crippen LogP contribution in [0.2, 0.25) is 5.02 Å². The van der Waals surface area contributed by atoms with Crippen LogP contribution in [-0.4, -0.2) is 24.2 Å². The Bertz CT molecular complexity index is 1060. The molecular formula is C25H23ClFNO2. The molecule has 3 aromatic carbocycles. The molecule has 0 radical (unpaired) electrons. The van der Waals surface area contributed by atoms with Crippen LogP contribution < -0.4 is 4.90 Å². The quantitative estimate of drug-likeness (QED) is 0.580. The van der Waals surface area contributed by atoms with Crippen LogP contribution >= 0.6 is 11.6 Å². The average Bonchev–Trinajstić information content (AvgIpc) is 2.75. The van der Waals surface area contributed by atoms with Crippen molar-refractivity contribution in [3.63, 3.8) is 0 Å². The van der Waals surface area contributed by atoms with Crippen molar-refractivity contribution in [2.75, 3.05) is 18.1 Å². The third-order valence-corrected chi connectivity index (χ3v) is 6.29. The summed E-state index contributed by atoms with van der Waals surface area (Å²) in [6.07, 6.45) is 1.67. The zero-order valence-corrected chi connectivity index (χ0v) is 17.3. The lowest BCUT2D eigenvalue weighted by Gasteiger charge is -2.41. The van der Waals surface area contributed by atoms with Crippen molar-refractivity contribution in [1.29, 1.82) is 0 Å². The molecular weight excluding hydrogens is 401 g/mol. The van der Waals surface area contributed by atoms with Crippen LogP contribution in [0.25, 0.3) is 11.1 Å². The molecule has 1 fully saturated rings. The third-order valence-electron chi connectivity index (χ3n) is 5.98. The van der Waals surface area contributed by atoms with Gasteiger partial charge < -0.3 is 10.0 Å². The summed E-state index contributed by atoms with van der Waals surface area (Å²) >= 11 is 6.23. The van der Waals surface area contributed by atoms with Crippen molar-refractivity contribution < 1.29 is 14.3 Å². The topological polar surface area (TPSA) is 40.5 Å². The van der Waals surface area contributed by atoms with E-state index in [0.717, 1.165) is 28.8 Å². The first-order valence-electron chi connectivity index (χ1n) is 10.0. The molecule has 1 heterocycles. The van der Waals surface area contributed by atoms with Gasteiger partial charge in [-0.15, -0.1) is 0 Å². The van der Waals surface area contributed by atoms with Crippen molar-refractivity contribution in [3.8, 4) is 11.1 Å². The van der Waals surface area contributed by atoms with Crippen molar-refractivity contribution in [1.82, 2.24) is 0 Å². The van der Waals surface area contributed by atoms with Crippen LogP contribution in [0, 0.1) is 5.82 Å². The fraction of sp³-hybridized carbons (Fsp3) is 0.240. The number of aliphatic hydroxyl groups excluding tert-OH is 1. The van der Waals surface area contributed by atoms with Gasteiger partial charge in [-0.2, -0.15) is 0 Å². The lowest BCUT2D eigenvalue weighted by molar-refractivity contribution is -0.121. The van der Waals surface area contributed by atoms with Gasteiger partial charge in [0.1, 0.15) is 5.82 Å². The molecule has 154 valence electrons. The summed E-state index contributed by atoms with van der Waals surface area (Å²) in [5, 5.41) is 9.99. The van der Waals surface area contributed by atoms with E-state index < -0.39 is 0 Å². The molecule has 4 rings (SSSR count). The molecule has 1 aliphatic rings. The van der Waals surface area contributed by atoms with Crippen molar-refractivity contribution in [2.45, 2.75) is 24.7 Å². The number of piperidine rings is 1. The van der Waals surface area contributed by atoms with Crippen molar-refractivity contribution in [2.24, 2.45) is 0 Å². The van der Waals surface area contributed by atoms with Gasteiger partial charge >= 0.3 is 0 Å². The number of carbonyl (C=O) groups excluding carboxylic acids is 1. The number of rotatable bonds is 5. The summed E-state index contributed by atoms with van der Waals surface area (Å²) in [5.41, 5.74) is 3.10. The molecule has 3 nitrogen and oxygen atoms in total. The number of anilines is 1. The van der Waals surface area contributed by atoms with Crippen LogP contribution in [0.4, 0.5) is 10.1 Å². The monoisotopic (exact) mass is 423 g/mol. The lowest BCUT2D eigenvalue weighted by Crippen LogP contribution is -2.47. The summed E-state index contributed by atoms with van der Waals surface area (Å²) in [6, 6.07) is 21.9. The Labute approximate surface area is 180 Å². The van der Waals surface area contributed by atoms with E-state index in [1.165, 1.54) is 12.1 Å². The highest BCUT2D eigenvalue weighted by Crippen LogP contribution is 2.41. The molecule has 0 saturated carbocycles. The third kappa shape index (κ3) is 3.98. The fourth-order valence-corrected chi connectivity index (χ4v) is 4.65. The van der Waals surface area contributed by atoms with Gasteiger partial charge in [-0.1, -0.05) is 54.1 Å². The molecule has 1 N–H and O–H groups in total. The number of benzene rings is 3. The van der Waals surface area contributed by atoms with Gasteiger partial charge in [0.15, 0.2) is 0 Å². The van der Waals surface area contributed by atoms with E-state index in [2.05, 4.69) is 0 Å². The Morgan fingerprint density at radius 1 is 1.03 bits per heavy atom. The van der Waals surface area contributed by atoms with E-state index in [9.17, 15) is 14.3 Å². The summed E-state index contributed by atoms with van der Waals surface area (Å²) in [7, 11) is 0. The van der Waals surface area contributed by atoms with Gasteiger partial charge in [0.05, 0.1) is 5.02 Å². The van der Waals surface area contributed by atoms with Crippen LogP contribution in [0.3, 0.4) is 0 Å². The van der Waals surface area contributed by atoms with Gasteiger partial charge in [-0.05, 0) is 54.3 Å². The minimum atomic E-state index is -0.382. The molecule has 0 bridgehead atoms. The minimum absolute atomic E-state index is 0.0286. The van der Waals surface area contributed by atoms with Crippen LogP contribution in [0.15, 0.2) is 72.8 Å². The fourth-order valence-electron chi connectivity index (χ4n) is 4.37. The van der Waals surface area contributed by atoms with Gasteiger partial charge in [0.2, 0.25) is 5.91 Å². The molecule has 1 unspecified atom stereocenters. The van der Waals surface area contributed by atoms with Crippen molar-refractivity contribution in [3.05, 3.63) is 89.2 Å². The normalized spacial score (nSPS) is 19.2. The summed E-state index contributed by atoms with van der Waals surface area (Å²) in [4.78, 5) is 15.0. The number of halogens is 2. The van der Waals surface area contributed by atoms with Crippen molar-refractivity contribution >= 4 is 23.2 Å². The molecule has 0 aromatic heterocycles. The number of hydrogen-bond acceptors (Lipinski definition) is 2. The maximum absolute atomic E-state index is 13.4. The van der Waals surface area contributed by atoms with Crippen LogP contribution in [0.5, 0.6) is 0 Å². The second kappa shape index (κ2) is 8.58. The summed E-state index contributed by atoms with van der Waals surface area (Å²) in [5.74, 6) is -0.354. The van der Waals surface area contributed by atoms with E-state index in [4.69, 9.17) is 11.6 Å². The van der Waals surface area contributed by atoms with E-state index in [0.29, 0.717) is 24.4 Å². The van der Waals surface area contributed by atoms with Gasteiger partial charge in [0, 0.05) is 36.2 Å². The largest absolute Gasteiger partial charge is 0.396 e. The molecule has 1 atom stereocenters. The highest BCUT2D eigenvalue weighted by Gasteiger charge is 2.40. The second-order valence-corrected chi connectivity index (χ2v) is 8.17. The first kappa shape index (κ1) is 20.6. The van der Waals surface area contributed by atoms with E-state index in [1.807, 2.05) is 54.6 Å². The zero-order valence-electron chi connectivity index (χ0n) is 16.5. The first-order valence-corrected chi connectivity index (χ1v) is 10.4. The average molecular weight is 424 g/mol. The molecule has 3 aromatic rings. The van der Waals surface area contributed by atoms with E-state index in [1.54, 1.807) is 11.0 Å². The summed E-state index contributed by atoms with van der Waals surface area (Å²) < 4.78 is 13.4. The standard InChI is InChI=1S/C25H23ClFNO2/c26-23-16-20(27)9-10-22(23)18-5-4-8-21(15-18)28-13-11-25(12-14-29,17-24(28)30)19-6-2-1-3-7-19/h1-10,15-16,29H,11-14,17H2. The number of hydrogen-bond donors (Lipinski definition) is 1. The highest BCUT2D eigenvalue weighted by molar-refractivity contribution is 6.33. The number of amides is 1. The molecule has 1 saturated heterocycles. The highest BCUT2D eigenvalue weighted by atomic mass is 35.5. The smallest absolute Gasteiger partial charge is 0.227 e. The second-order valence-electron chi connectivity index (χ2n) is 7.77. The summed E-state index contributed by atoms with van der Waals surface area (Å²) in [6.45, 7) is 0.606. The zero-order chi connectivity index (χ0) is 21.1. The molecule has 30 heavy (non-hydrogen) atoms.